The van der Waals surface area contributed by atoms with E-state index in [1.807, 2.05) is 0 Å². The van der Waals surface area contributed by atoms with Gasteiger partial charge >= 0.3 is 0 Å². The molecule has 1 aromatic carbocycles. The number of carbonyl (C=O) groups excluding carboxylic acids is 2. The first kappa shape index (κ1) is 19.8. The van der Waals surface area contributed by atoms with Crippen LogP contribution in [0.2, 0.25) is 0 Å². The number of ether oxygens (including phenoxy) is 1. The molecule has 3 atom stereocenters. The monoisotopic (exact) mass is 388 g/mol. The summed E-state index contributed by atoms with van der Waals surface area (Å²) in [5.41, 5.74) is 1.18. The molecule has 1 aliphatic carbocycles. The van der Waals surface area contributed by atoms with Crippen molar-refractivity contribution in [3.05, 3.63) is 40.5 Å². The van der Waals surface area contributed by atoms with Gasteiger partial charge in [-0.2, -0.15) is 0 Å². The Morgan fingerprint density at radius 1 is 1.19 bits per heavy atom. The van der Waals surface area contributed by atoms with Crippen LogP contribution in [0.15, 0.2) is 34.9 Å². The van der Waals surface area contributed by atoms with Crippen LogP contribution in [0.25, 0.3) is 0 Å². The zero-order valence-corrected chi connectivity index (χ0v) is 17.0. The van der Waals surface area contributed by atoms with Gasteiger partial charge in [-0.15, -0.1) is 11.8 Å². The molecule has 1 aromatic rings. The summed E-state index contributed by atoms with van der Waals surface area (Å²) < 4.78 is 5.45. The van der Waals surface area contributed by atoms with Gasteiger partial charge in [0.2, 0.25) is 0 Å². The van der Waals surface area contributed by atoms with Gasteiger partial charge in [-0.1, -0.05) is 32.8 Å². The molecule has 1 fully saturated rings. The number of anilines is 1. The van der Waals surface area contributed by atoms with Gasteiger partial charge in [0.25, 0.3) is 11.8 Å². The molecule has 0 unspecified atom stereocenters. The number of thioether (sulfide) groups is 1. The topological polar surface area (TPSA) is 67.4 Å². The molecule has 2 aliphatic rings. The lowest BCUT2D eigenvalue weighted by Crippen LogP contribution is -2.43. The molecule has 0 radical (unpaired) electrons. The zero-order valence-electron chi connectivity index (χ0n) is 16.2. The Labute approximate surface area is 165 Å². The second-order valence-electron chi connectivity index (χ2n) is 7.46. The quantitative estimate of drug-likeness (QED) is 0.812. The number of benzene rings is 1. The molecule has 0 spiro atoms. The zero-order chi connectivity index (χ0) is 19.4. The van der Waals surface area contributed by atoms with Gasteiger partial charge in [-0.25, -0.2) is 0 Å². The number of nitrogens with one attached hydrogen (secondary N) is 2. The molecule has 1 aliphatic heterocycles. The maximum absolute atomic E-state index is 12.7. The first-order valence-electron chi connectivity index (χ1n) is 9.64. The summed E-state index contributed by atoms with van der Waals surface area (Å²) in [6, 6.07) is 7.32. The Morgan fingerprint density at radius 2 is 2.00 bits per heavy atom. The molecule has 3 rings (SSSR count). The fraction of sp³-hybridized carbons (Fsp3) is 0.524. The number of amides is 2. The molecular weight excluding hydrogens is 360 g/mol. The van der Waals surface area contributed by atoms with Crippen LogP contribution in [-0.2, 0) is 9.53 Å². The smallest absolute Gasteiger partial charge is 0.265 e. The third-order valence-corrected chi connectivity index (χ3v) is 6.71. The Morgan fingerprint density at radius 3 is 2.78 bits per heavy atom. The predicted molar refractivity (Wildman–Crippen MR) is 110 cm³/mol. The summed E-state index contributed by atoms with van der Waals surface area (Å²) in [4.78, 5) is 25.8. The van der Waals surface area contributed by atoms with Crippen LogP contribution in [-0.4, -0.2) is 30.2 Å². The highest BCUT2D eigenvalue weighted by atomic mass is 32.2. The van der Waals surface area contributed by atoms with Crippen LogP contribution in [0.5, 0.6) is 0 Å². The maximum Gasteiger partial charge on any atom is 0.265 e. The lowest BCUT2D eigenvalue weighted by atomic mass is 9.78. The van der Waals surface area contributed by atoms with E-state index >= 15 is 0 Å². The summed E-state index contributed by atoms with van der Waals surface area (Å²) in [5, 5.41) is 6.06. The van der Waals surface area contributed by atoms with E-state index in [9.17, 15) is 9.59 Å². The molecule has 0 aromatic heterocycles. The molecule has 6 heteroatoms. The minimum atomic E-state index is -0.190. The summed E-state index contributed by atoms with van der Waals surface area (Å²) in [7, 11) is 0. The molecule has 146 valence electrons. The minimum absolute atomic E-state index is 0.0807. The van der Waals surface area contributed by atoms with Crippen molar-refractivity contribution in [2.24, 2.45) is 11.8 Å². The average molecular weight is 389 g/mol. The van der Waals surface area contributed by atoms with E-state index in [-0.39, 0.29) is 17.9 Å². The highest BCUT2D eigenvalue weighted by Crippen LogP contribution is 2.30. The Kier molecular flexibility index (Phi) is 6.47. The molecule has 1 saturated carbocycles. The summed E-state index contributed by atoms with van der Waals surface area (Å²) in [6.07, 6.45) is 3.41. The molecule has 2 N–H and O–H groups in total. The fourth-order valence-electron chi connectivity index (χ4n) is 3.69. The minimum Gasteiger partial charge on any atom is -0.496 e. The highest BCUT2D eigenvalue weighted by Gasteiger charge is 2.28. The lowest BCUT2D eigenvalue weighted by molar-refractivity contribution is -0.112. The molecule has 27 heavy (non-hydrogen) atoms. The number of hydrogen-bond donors (Lipinski definition) is 2. The van der Waals surface area contributed by atoms with Crippen molar-refractivity contribution in [3.8, 4) is 0 Å². The first-order chi connectivity index (χ1) is 13.0. The molecule has 5 nitrogen and oxygen atoms in total. The van der Waals surface area contributed by atoms with Crippen LogP contribution in [0.1, 0.15) is 50.4 Å². The van der Waals surface area contributed by atoms with Crippen molar-refractivity contribution >= 4 is 29.3 Å². The van der Waals surface area contributed by atoms with Gasteiger partial charge in [0, 0.05) is 23.0 Å². The first-order valence-corrected chi connectivity index (χ1v) is 10.6. The number of rotatable bonds is 4. The van der Waals surface area contributed by atoms with E-state index in [0.29, 0.717) is 40.4 Å². The number of allylic oxidation sites excluding steroid dienone is 1. The molecule has 0 bridgehead atoms. The van der Waals surface area contributed by atoms with E-state index in [4.69, 9.17) is 4.74 Å². The third kappa shape index (κ3) is 4.86. The van der Waals surface area contributed by atoms with Gasteiger partial charge in [0.1, 0.15) is 10.7 Å². The van der Waals surface area contributed by atoms with E-state index in [2.05, 4.69) is 24.5 Å². The largest absolute Gasteiger partial charge is 0.496 e. The van der Waals surface area contributed by atoms with Crippen LogP contribution >= 0.6 is 11.8 Å². The second-order valence-corrected chi connectivity index (χ2v) is 8.57. The van der Waals surface area contributed by atoms with Crippen LogP contribution in [0, 0.1) is 11.8 Å². The summed E-state index contributed by atoms with van der Waals surface area (Å²) in [5.74, 6) is 2.25. The SMILES string of the molecule is CC1=C(C(=O)Nc2cccc(C(=O)N[C@@H]3CCC[C@H](C)[C@H]3C)c2)SCCO1. The molecular formula is C21H28N2O3S. The highest BCUT2D eigenvalue weighted by molar-refractivity contribution is 8.04. The van der Waals surface area contributed by atoms with E-state index in [1.54, 1.807) is 31.2 Å². The summed E-state index contributed by atoms with van der Waals surface area (Å²) in [6.45, 7) is 6.90. The molecule has 0 saturated heterocycles. The standard InChI is InChI=1S/C21H28N2O3S/c1-13-6-4-9-18(14(13)2)23-20(24)16-7-5-8-17(12-16)22-21(25)19-15(3)26-10-11-27-19/h5,7-8,12-14,18H,4,6,9-11H2,1-3H3,(H,22,25)(H,23,24)/t13-,14+,18+/m0/s1. The Bertz CT molecular complexity index is 747. The van der Waals surface area contributed by atoms with Crippen LogP contribution in [0.4, 0.5) is 5.69 Å². The summed E-state index contributed by atoms with van der Waals surface area (Å²) >= 11 is 1.50. The van der Waals surface area contributed by atoms with Crippen molar-refractivity contribution in [1.29, 1.82) is 0 Å². The van der Waals surface area contributed by atoms with E-state index < -0.39 is 0 Å². The van der Waals surface area contributed by atoms with E-state index in [0.717, 1.165) is 18.6 Å². The number of carbonyl (C=O) groups is 2. The van der Waals surface area contributed by atoms with Gasteiger partial charge in [-0.05, 0) is 43.4 Å². The maximum atomic E-state index is 12.7. The fourth-order valence-corrected chi connectivity index (χ4v) is 4.51. The molecule has 1 heterocycles. The second kappa shape index (κ2) is 8.83. The van der Waals surface area contributed by atoms with Crippen molar-refractivity contribution in [1.82, 2.24) is 5.32 Å². The van der Waals surface area contributed by atoms with Gasteiger partial charge in [0.05, 0.1) is 6.61 Å². The van der Waals surface area contributed by atoms with Gasteiger partial charge < -0.3 is 15.4 Å². The number of hydrogen-bond acceptors (Lipinski definition) is 4. The van der Waals surface area contributed by atoms with Crippen molar-refractivity contribution in [2.75, 3.05) is 17.7 Å². The van der Waals surface area contributed by atoms with Crippen molar-refractivity contribution in [3.63, 3.8) is 0 Å². The average Bonchev–Trinajstić information content (AvgIpc) is 2.66. The van der Waals surface area contributed by atoms with Gasteiger partial charge in [0.15, 0.2) is 0 Å². The third-order valence-electron chi connectivity index (χ3n) is 5.58. The molecule has 2 amide bonds. The van der Waals surface area contributed by atoms with Gasteiger partial charge in [-0.3, -0.25) is 9.59 Å². The van der Waals surface area contributed by atoms with Crippen molar-refractivity contribution in [2.45, 2.75) is 46.1 Å². The van der Waals surface area contributed by atoms with E-state index in [1.165, 1.54) is 18.2 Å². The van der Waals surface area contributed by atoms with Crippen LogP contribution < -0.4 is 10.6 Å². The van der Waals surface area contributed by atoms with Crippen LogP contribution in [0.3, 0.4) is 0 Å². The predicted octanol–water partition coefficient (Wildman–Crippen LogP) is 4.17. The Hall–Kier alpha value is -1.95. The lowest BCUT2D eigenvalue weighted by Gasteiger charge is -2.34. The normalized spacial score (nSPS) is 25.5. The Balaban J connectivity index is 1.66. The van der Waals surface area contributed by atoms with Crippen molar-refractivity contribution < 1.29 is 14.3 Å².